The lowest BCUT2D eigenvalue weighted by Gasteiger charge is -2.09. The van der Waals surface area contributed by atoms with Crippen molar-refractivity contribution in [3.63, 3.8) is 0 Å². The zero-order valence-electron chi connectivity index (χ0n) is 16.6. The van der Waals surface area contributed by atoms with Crippen LogP contribution in [0.1, 0.15) is 41.3 Å². The summed E-state index contributed by atoms with van der Waals surface area (Å²) < 4.78 is 0. The van der Waals surface area contributed by atoms with Crippen LogP contribution in [0.25, 0.3) is 0 Å². The maximum absolute atomic E-state index is 12.7. The van der Waals surface area contributed by atoms with Gasteiger partial charge >= 0.3 is 0 Å². The number of carbonyl (C=O) groups is 1. The number of carbonyl (C=O) groups excluding carboxylic acids is 1. The lowest BCUT2D eigenvalue weighted by molar-refractivity contribution is 0.0951. The molecule has 0 unspecified atom stereocenters. The Kier molecular flexibility index (Phi) is 5.77. The number of amides is 1. The van der Waals surface area contributed by atoms with Crippen LogP contribution in [-0.2, 0) is 6.54 Å². The van der Waals surface area contributed by atoms with Crippen molar-refractivity contribution in [2.45, 2.75) is 36.1 Å². The molecule has 30 heavy (non-hydrogen) atoms. The van der Waals surface area contributed by atoms with Gasteiger partial charge in [0.15, 0.2) is 11.5 Å². The Hall–Kier alpha value is -3.25. The third-order valence-electron chi connectivity index (χ3n) is 4.87. The fourth-order valence-corrected chi connectivity index (χ4v) is 4.37. The molecule has 4 rings (SSSR count). The van der Waals surface area contributed by atoms with E-state index in [0.717, 1.165) is 34.7 Å². The van der Waals surface area contributed by atoms with Crippen molar-refractivity contribution >= 4 is 29.1 Å². The monoisotopic (exact) mass is 418 g/mol. The van der Waals surface area contributed by atoms with Crippen molar-refractivity contribution in [2.75, 3.05) is 0 Å². The maximum atomic E-state index is 12.7. The second kappa shape index (κ2) is 8.63. The van der Waals surface area contributed by atoms with Gasteiger partial charge in [0.2, 0.25) is 0 Å². The predicted octanol–water partition coefficient (Wildman–Crippen LogP) is 5.41. The molecule has 0 aliphatic carbocycles. The van der Waals surface area contributed by atoms with Gasteiger partial charge in [-0.15, -0.1) is 0 Å². The molecule has 3 aromatic rings. The molecule has 3 aromatic carbocycles. The van der Waals surface area contributed by atoms with E-state index in [4.69, 9.17) is 4.99 Å². The van der Waals surface area contributed by atoms with E-state index in [1.165, 1.54) is 17.0 Å². The Morgan fingerprint density at radius 2 is 1.83 bits per heavy atom. The molecule has 0 saturated heterocycles. The van der Waals surface area contributed by atoms with E-state index in [0.29, 0.717) is 11.1 Å². The molecule has 0 saturated carbocycles. The highest BCUT2D eigenvalue weighted by Crippen LogP contribution is 2.41. The van der Waals surface area contributed by atoms with Crippen molar-refractivity contribution in [1.82, 2.24) is 5.32 Å². The van der Waals surface area contributed by atoms with Crippen LogP contribution >= 0.6 is 11.8 Å². The molecule has 0 radical (unpaired) electrons. The predicted molar refractivity (Wildman–Crippen MR) is 119 cm³/mol. The van der Waals surface area contributed by atoms with E-state index < -0.39 is 0 Å². The third-order valence-corrected chi connectivity index (χ3v) is 6.02. The fraction of sp³-hybridized carbons (Fsp3) is 0.167. The van der Waals surface area contributed by atoms with Crippen LogP contribution in [0, 0.1) is 0 Å². The van der Waals surface area contributed by atoms with Crippen molar-refractivity contribution in [3.8, 4) is 11.5 Å². The summed E-state index contributed by atoms with van der Waals surface area (Å²) in [6.07, 6.45) is 1.87. The summed E-state index contributed by atoms with van der Waals surface area (Å²) in [7, 11) is 0. The summed E-state index contributed by atoms with van der Waals surface area (Å²) in [6, 6.07) is 18.3. The van der Waals surface area contributed by atoms with Gasteiger partial charge in [-0.3, -0.25) is 9.79 Å². The second-order valence-electron chi connectivity index (χ2n) is 7.09. The zero-order chi connectivity index (χ0) is 21.1. The molecule has 0 spiro atoms. The van der Waals surface area contributed by atoms with Gasteiger partial charge in [-0.05, 0) is 48.4 Å². The van der Waals surface area contributed by atoms with Gasteiger partial charge in [0, 0.05) is 33.2 Å². The average molecular weight is 419 g/mol. The van der Waals surface area contributed by atoms with Crippen LogP contribution in [0.2, 0.25) is 0 Å². The van der Waals surface area contributed by atoms with E-state index in [1.54, 1.807) is 23.9 Å². The largest absolute Gasteiger partial charge is 0.504 e. The number of aromatic hydroxyl groups is 2. The number of rotatable bonds is 5. The van der Waals surface area contributed by atoms with E-state index in [9.17, 15) is 15.0 Å². The average Bonchev–Trinajstić information content (AvgIpc) is 2.90. The summed E-state index contributed by atoms with van der Waals surface area (Å²) in [6.45, 7) is 2.38. The first kappa shape index (κ1) is 20.0. The molecule has 0 atom stereocenters. The summed E-state index contributed by atoms with van der Waals surface area (Å²) in [4.78, 5) is 19.8. The topological polar surface area (TPSA) is 81.9 Å². The van der Waals surface area contributed by atoms with Crippen LogP contribution in [-0.4, -0.2) is 21.8 Å². The van der Waals surface area contributed by atoms with Gasteiger partial charge < -0.3 is 15.5 Å². The lowest BCUT2D eigenvalue weighted by atomic mass is 10.1. The molecule has 1 aliphatic rings. The number of benzene rings is 3. The number of nitrogens with one attached hydrogen (secondary N) is 1. The standard InChI is InChI=1S/C24H22N2O3S/c1-2-5-18-17-6-3-4-7-22(17)30-23-11-9-16(13-19(23)26-18)24(29)25-14-15-8-10-20(27)21(28)12-15/h3-4,6-13,27-28H,2,5,14H2,1H3,(H,25,29). The number of hydrogen-bond donors (Lipinski definition) is 3. The van der Waals surface area contributed by atoms with Crippen LogP contribution in [0.4, 0.5) is 5.69 Å². The Morgan fingerprint density at radius 3 is 2.63 bits per heavy atom. The maximum Gasteiger partial charge on any atom is 0.251 e. The summed E-state index contributed by atoms with van der Waals surface area (Å²) in [5.74, 6) is -0.611. The van der Waals surface area contributed by atoms with Gasteiger partial charge in [0.1, 0.15) is 0 Å². The fourth-order valence-electron chi connectivity index (χ4n) is 3.34. The van der Waals surface area contributed by atoms with Crippen molar-refractivity contribution < 1.29 is 15.0 Å². The van der Waals surface area contributed by atoms with Gasteiger partial charge in [0.05, 0.1) is 5.69 Å². The minimum atomic E-state index is -0.218. The van der Waals surface area contributed by atoms with Gasteiger partial charge in [-0.1, -0.05) is 49.4 Å². The third kappa shape index (κ3) is 4.19. The molecular formula is C24H22N2O3S. The highest BCUT2D eigenvalue weighted by Gasteiger charge is 2.18. The number of nitrogens with zero attached hydrogens (tertiary/aromatic N) is 1. The molecule has 5 nitrogen and oxygen atoms in total. The summed E-state index contributed by atoms with van der Waals surface area (Å²) in [5.41, 5.74) is 4.22. The first-order valence-electron chi connectivity index (χ1n) is 9.83. The van der Waals surface area contributed by atoms with Gasteiger partial charge in [0.25, 0.3) is 5.91 Å². The molecule has 1 amide bonds. The lowest BCUT2D eigenvalue weighted by Crippen LogP contribution is -2.22. The normalized spacial score (nSPS) is 12.4. The zero-order valence-corrected chi connectivity index (χ0v) is 17.4. The highest BCUT2D eigenvalue weighted by molar-refractivity contribution is 7.99. The quantitative estimate of drug-likeness (QED) is 0.484. The number of hydrogen-bond acceptors (Lipinski definition) is 5. The van der Waals surface area contributed by atoms with Crippen LogP contribution < -0.4 is 5.32 Å². The second-order valence-corrected chi connectivity index (χ2v) is 8.18. The minimum absolute atomic E-state index is 0.185. The molecule has 0 bridgehead atoms. The van der Waals surface area contributed by atoms with Crippen molar-refractivity contribution in [1.29, 1.82) is 0 Å². The Bertz CT molecular complexity index is 1140. The van der Waals surface area contributed by atoms with E-state index in [2.05, 4.69) is 24.4 Å². The van der Waals surface area contributed by atoms with Gasteiger partial charge in [-0.2, -0.15) is 0 Å². The van der Waals surface area contributed by atoms with Crippen molar-refractivity contribution in [3.05, 3.63) is 77.4 Å². The van der Waals surface area contributed by atoms with E-state index >= 15 is 0 Å². The molecule has 0 fully saturated rings. The Labute approximate surface area is 179 Å². The molecule has 6 heteroatoms. The number of phenolic OH excluding ortho intramolecular Hbond substituents is 2. The van der Waals surface area contributed by atoms with Crippen molar-refractivity contribution in [2.24, 2.45) is 4.99 Å². The summed E-state index contributed by atoms with van der Waals surface area (Å²) >= 11 is 1.67. The Balaban J connectivity index is 1.58. The van der Waals surface area contributed by atoms with Gasteiger partial charge in [-0.25, -0.2) is 0 Å². The molecule has 1 aliphatic heterocycles. The SMILES string of the molecule is CCCC1=Nc2cc(C(=O)NCc3ccc(O)c(O)c3)ccc2Sc2ccccc21. The molecule has 3 N–H and O–H groups in total. The number of aliphatic imine (C=N–C) groups is 1. The molecule has 0 aromatic heterocycles. The first-order chi connectivity index (χ1) is 14.5. The van der Waals surface area contributed by atoms with E-state index in [-0.39, 0.29) is 24.0 Å². The summed E-state index contributed by atoms with van der Waals surface area (Å²) in [5, 5.41) is 21.9. The Morgan fingerprint density at radius 1 is 1.00 bits per heavy atom. The first-order valence-corrected chi connectivity index (χ1v) is 10.6. The molecule has 1 heterocycles. The van der Waals surface area contributed by atoms with Crippen LogP contribution in [0.15, 0.2) is 75.4 Å². The number of fused-ring (bicyclic) bond motifs is 2. The smallest absolute Gasteiger partial charge is 0.251 e. The molecule has 152 valence electrons. The minimum Gasteiger partial charge on any atom is -0.504 e. The molecular weight excluding hydrogens is 396 g/mol. The van der Waals surface area contributed by atoms with Crippen LogP contribution in [0.3, 0.4) is 0 Å². The number of phenols is 2. The highest BCUT2D eigenvalue weighted by atomic mass is 32.2. The van der Waals surface area contributed by atoms with E-state index in [1.807, 2.05) is 24.3 Å². The van der Waals surface area contributed by atoms with Crippen LogP contribution in [0.5, 0.6) is 11.5 Å².